The van der Waals surface area contributed by atoms with Crippen LogP contribution in [0.25, 0.3) is 98.1 Å². The zero-order valence-electron chi connectivity index (χ0n) is 31.6. The number of para-hydroxylation sites is 1. The largest absolute Gasteiger partial charge is 0.455 e. The van der Waals surface area contributed by atoms with Crippen LogP contribution in [0.4, 0.5) is 17.1 Å². The molecule has 11 aromatic carbocycles. The van der Waals surface area contributed by atoms with Crippen LogP contribution in [0, 0.1) is 0 Å². The molecule has 0 fully saturated rings. The van der Waals surface area contributed by atoms with Crippen molar-refractivity contribution < 1.29 is 4.42 Å². The number of rotatable bonds is 5. The van der Waals surface area contributed by atoms with Crippen LogP contribution in [-0.2, 0) is 0 Å². The maximum Gasteiger partial charge on any atom is 0.143 e. The van der Waals surface area contributed by atoms with E-state index in [0.29, 0.717) is 0 Å². The van der Waals surface area contributed by atoms with Crippen LogP contribution in [0.3, 0.4) is 0 Å². The molecule has 0 spiro atoms. The van der Waals surface area contributed by atoms with Gasteiger partial charge in [0.1, 0.15) is 11.2 Å². The van der Waals surface area contributed by atoms with Gasteiger partial charge in [0.2, 0.25) is 0 Å². The van der Waals surface area contributed by atoms with E-state index in [-0.39, 0.29) is 0 Å². The van der Waals surface area contributed by atoms with Crippen molar-refractivity contribution in [3.8, 4) is 22.3 Å². The molecule has 58 heavy (non-hydrogen) atoms. The highest BCUT2D eigenvalue weighted by atomic mass is 16.3. The molecule has 12 aromatic rings. The van der Waals surface area contributed by atoms with Gasteiger partial charge in [0.15, 0.2) is 0 Å². The molecule has 0 saturated carbocycles. The van der Waals surface area contributed by atoms with Crippen molar-refractivity contribution in [2.75, 3.05) is 4.90 Å². The average molecular weight is 738 g/mol. The van der Waals surface area contributed by atoms with Gasteiger partial charge in [-0.25, -0.2) is 0 Å². The minimum atomic E-state index is 0.883. The second-order valence-corrected chi connectivity index (χ2v) is 15.2. The Hall–Kier alpha value is -7.68. The lowest BCUT2D eigenvalue weighted by molar-refractivity contribution is 0.673. The van der Waals surface area contributed by atoms with E-state index in [2.05, 4.69) is 217 Å². The predicted octanol–water partition coefficient (Wildman–Crippen LogP) is 16.2. The Labute approximate surface area is 335 Å². The van der Waals surface area contributed by atoms with Gasteiger partial charge in [0.05, 0.1) is 11.4 Å². The highest BCUT2D eigenvalue weighted by molar-refractivity contribution is 6.20. The molecule has 0 amide bonds. The van der Waals surface area contributed by atoms with Crippen LogP contribution >= 0.6 is 0 Å². The van der Waals surface area contributed by atoms with Crippen LogP contribution in [-0.4, -0.2) is 0 Å². The monoisotopic (exact) mass is 737 g/mol. The second-order valence-electron chi connectivity index (χ2n) is 15.2. The molecule has 0 radical (unpaired) electrons. The second kappa shape index (κ2) is 12.9. The summed E-state index contributed by atoms with van der Waals surface area (Å²) < 4.78 is 6.69. The number of fused-ring (bicyclic) bond motifs is 11. The van der Waals surface area contributed by atoms with Crippen LogP contribution in [0.5, 0.6) is 0 Å². The van der Waals surface area contributed by atoms with Gasteiger partial charge in [-0.15, -0.1) is 0 Å². The SMILES string of the molecule is c1ccc(N(c2ccc(-c3cc4ccccc4c4ccccc34)cc2)c2cccc3c2ccc2ccccc23)c(-c2cccc3oc4c5ccccc5ccc4c23)c1. The molecule has 0 bridgehead atoms. The lowest BCUT2D eigenvalue weighted by Crippen LogP contribution is -2.11. The summed E-state index contributed by atoms with van der Waals surface area (Å²) in [6.07, 6.45) is 0. The van der Waals surface area contributed by atoms with Crippen molar-refractivity contribution in [1.29, 1.82) is 0 Å². The molecule has 0 aliphatic heterocycles. The van der Waals surface area contributed by atoms with Gasteiger partial charge >= 0.3 is 0 Å². The summed E-state index contributed by atoms with van der Waals surface area (Å²) in [5.41, 5.74) is 9.78. The molecule has 1 aromatic heterocycles. The van der Waals surface area contributed by atoms with Crippen molar-refractivity contribution in [2.45, 2.75) is 0 Å². The van der Waals surface area contributed by atoms with E-state index in [1.54, 1.807) is 0 Å². The fourth-order valence-corrected chi connectivity index (χ4v) is 9.38. The van der Waals surface area contributed by atoms with E-state index in [0.717, 1.165) is 55.5 Å². The van der Waals surface area contributed by atoms with Crippen molar-refractivity contribution in [3.05, 3.63) is 212 Å². The highest BCUT2D eigenvalue weighted by Gasteiger charge is 2.23. The van der Waals surface area contributed by atoms with Crippen LogP contribution < -0.4 is 4.90 Å². The van der Waals surface area contributed by atoms with E-state index in [4.69, 9.17) is 4.42 Å². The molecule has 0 saturated heterocycles. The Morgan fingerprint density at radius 1 is 0.310 bits per heavy atom. The number of benzene rings is 11. The third-order valence-electron chi connectivity index (χ3n) is 12.0. The van der Waals surface area contributed by atoms with Gasteiger partial charge in [0, 0.05) is 32.8 Å². The number of anilines is 3. The Morgan fingerprint density at radius 3 is 1.67 bits per heavy atom. The minimum absolute atomic E-state index is 0.883. The maximum absolute atomic E-state index is 6.69. The summed E-state index contributed by atoms with van der Waals surface area (Å²) in [5, 5.41) is 14.5. The Balaban J connectivity index is 1.10. The fraction of sp³-hybridized carbons (Fsp3) is 0. The molecule has 0 aliphatic carbocycles. The van der Waals surface area contributed by atoms with Crippen molar-refractivity contribution in [1.82, 2.24) is 0 Å². The van der Waals surface area contributed by atoms with Crippen LogP contribution in [0.15, 0.2) is 217 Å². The van der Waals surface area contributed by atoms with Crippen LogP contribution in [0.1, 0.15) is 0 Å². The first kappa shape index (κ1) is 32.6. The molecule has 2 heteroatoms. The quantitative estimate of drug-likeness (QED) is 0.164. The van der Waals surface area contributed by atoms with Gasteiger partial charge in [-0.1, -0.05) is 170 Å². The smallest absolute Gasteiger partial charge is 0.143 e. The molecule has 0 N–H and O–H groups in total. The number of hydrogen-bond acceptors (Lipinski definition) is 2. The number of hydrogen-bond donors (Lipinski definition) is 0. The summed E-state index contributed by atoms with van der Waals surface area (Å²) in [6, 6.07) is 77.1. The fourth-order valence-electron chi connectivity index (χ4n) is 9.38. The maximum atomic E-state index is 6.69. The Morgan fingerprint density at radius 2 is 0.862 bits per heavy atom. The third kappa shape index (κ3) is 4.99. The summed E-state index contributed by atoms with van der Waals surface area (Å²) in [5.74, 6) is 0. The summed E-state index contributed by atoms with van der Waals surface area (Å²) >= 11 is 0. The molecule has 0 unspecified atom stereocenters. The molecular formula is C56H35NO. The molecular weight excluding hydrogens is 703 g/mol. The summed E-state index contributed by atoms with van der Waals surface area (Å²) in [6.45, 7) is 0. The number of nitrogens with zero attached hydrogens (tertiary/aromatic N) is 1. The summed E-state index contributed by atoms with van der Waals surface area (Å²) in [4.78, 5) is 2.45. The van der Waals surface area contributed by atoms with Gasteiger partial charge in [0.25, 0.3) is 0 Å². The minimum Gasteiger partial charge on any atom is -0.455 e. The third-order valence-corrected chi connectivity index (χ3v) is 12.0. The van der Waals surface area contributed by atoms with E-state index in [1.807, 2.05) is 0 Å². The first-order chi connectivity index (χ1) is 28.8. The predicted molar refractivity (Wildman–Crippen MR) is 247 cm³/mol. The molecule has 2 nitrogen and oxygen atoms in total. The molecule has 12 rings (SSSR count). The lowest BCUT2D eigenvalue weighted by atomic mass is 9.93. The lowest BCUT2D eigenvalue weighted by Gasteiger charge is -2.29. The number of furan rings is 1. The molecule has 0 aliphatic rings. The zero-order chi connectivity index (χ0) is 38.2. The van der Waals surface area contributed by atoms with Gasteiger partial charge in [-0.2, -0.15) is 0 Å². The Kier molecular flexibility index (Phi) is 7.26. The topological polar surface area (TPSA) is 16.4 Å². The zero-order valence-corrected chi connectivity index (χ0v) is 31.6. The van der Waals surface area contributed by atoms with Crippen molar-refractivity contribution in [3.63, 3.8) is 0 Å². The average Bonchev–Trinajstić information content (AvgIpc) is 3.69. The standard InChI is InChI=1S/C56H35NO/c1-4-16-41-36(13-1)29-33-48-45(41)22-11-25-53(48)57(40-31-27-38(28-32-40)51-35-39-15-3-5-17-42(39)44-19-7-8-20-46(44)51)52-24-10-9-21-47(52)49-23-12-26-54-55(49)50-34-30-37-14-2-6-18-43(37)56(50)58-54/h1-35H. The van der Waals surface area contributed by atoms with Crippen molar-refractivity contribution >= 4 is 92.9 Å². The van der Waals surface area contributed by atoms with E-state index < -0.39 is 0 Å². The Bertz CT molecular complexity index is 3580. The highest BCUT2D eigenvalue weighted by Crippen LogP contribution is 2.48. The first-order valence-electron chi connectivity index (χ1n) is 19.9. The first-order valence-corrected chi connectivity index (χ1v) is 19.9. The van der Waals surface area contributed by atoms with Gasteiger partial charge in [-0.05, 0) is 102 Å². The van der Waals surface area contributed by atoms with Gasteiger partial charge in [-0.3, -0.25) is 0 Å². The normalized spacial score (nSPS) is 11.8. The molecule has 270 valence electrons. The van der Waals surface area contributed by atoms with E-state index in [1.165, 1.54) is 59.6 Å². The summed E-state index contributed by atoms with van der Waals surface area (Å²) in [7, 11) is 0. The molecule has 0 atom stereocenters. The molecule has 1 heterocycles. The van der Waals surface area contributed by atoms with E-state index >= 15 is 0 Å². The van der Waals surface area contributed by atoms with Crippen molar-refractivity contribution in [2.24, 2.45) is 0 Å². The van der Waals surface area contributed by atoms with E-state index in [9.17, 15) is 0 Å². The van der Waals surface area contributed by atoms with Crippen LogP contribution in [0.2, 0.25) is 0 Å². The van der Waals surface area contributed by atoms with Gasteiger partial charge < -0.3 is 9.32 Å².